The molecule has 2 atom stereocenters. The van der Waals surface area contributed by atoms with Gasteiger partial charge in [-0.1, -0.05) is 59.3 Å². The quantitative estimate of drug-likeness (QED) is 0.538. The number of rotatable bonds is 5. The number of hydrogen-bond acceptors (Lipinski definition) is 6. The smallest absolute Gasteiger partial charge is 0.244 e. The lowest BCUT2D eigenvalue weighted by Gasteiger charge is -2.38. The molecule has 2 aromatic carbocycles. The number of amides is 2. The maximum absolute atomic E-state index is 13.3. The average molecular weight is 486 g/mol. The number of aromatic nitrogens is 2. The van der Waals surface area contributed by atoms with Gasteiger partial charge in [0.1, 0.15) is 0 Å². The van der Waals surface area contributed by atoms with E-state index < -0.39 is 0 Å². The minimum Gasteiger partial charge on any atom is -0.340 e. The van der Waals surface area contributed by atoms with Gasteiger partial charge in [0.05, 0.1) is 18.5 Å². The molecule has 2 unspecified atom stereocenters. The minimum atomic E-state index is -0.285. The first kappa shape index (κ1) is 23.9. The molecule has 1 saturated heterocycles. The monoisotopic (exact) mass is 485 g/mol. The first-order chi connectivity index (χ1) is 17.4. The van der Waals surface area contributed by atoms with Crippen LogP contribution in [0.4, 0.5) is 0 Å². The van der Waals surface area contributed by atoms with E-state index in [2.05, 4.69) is 22.0 Å². The number of benzene rings is 2. The number of nitrogens with zero attached hydrogens (tertiary/aromatic N) is 5. The first-order valence-electron chi connectivity index (χ1n) is 12.4. The summed E-state index contributed by atoms with van der Waals surface area (Å²) in [6.07, 6.45) is 3.98. The zero-order chi connectivity index (χ0) is 25.2. The summed E-state index contributed by atoms with van der Waals surface area (Å²) in [5, 5.41) is 4.16. The van der Waals surface area contributed by atoms with Crippen molar-refractivity contribution in [2.24, 2.45) is 0 Å². The molecule has 36 heavy (non-hydrogen) atoms. The molecule has 0 radical (unpaired) electrons. The van der Waals surface area contributed by atoms with Crippen molar-refractivity contribution >= 4 is 17.9 Å². The van der Waals surface area contributed by atoms with Crippen LogP contribution in [-0.4, -0.2) is 62.8 Å². The Morgan fingerprint density at radius 3 is 2.50 bits per heavy atom. The van der Waals surface area contributed by atoms with Crippen molar-refractivity contribution in [1.29, 1.82) is 0 Å². The van der Waals surface area contributed by atoms with Crippen LogP contribution in [0.3, 0.4) is 0 Å². The molecule has 3 aromatic rings. The van der Waals surface area contributed by atoms with Crippen LogP contribution >= 0.6 is 0 Å². The van der Waals surface area contributed by atoms with Crippen LogP contribution in [0.25, 0.3) is 17.5 Å². The molecule has 0 aliphatic carbocycles. The van der Waals surface area contributed by atoms with Crippen molar-refractivity contribution in [3.05, 3.63) is 77.3 Å². The molecule has 1 aromatic heterocycles. The van der Waals surface area contributed by atoms with E-state index in [9.17, 15) is 9.59 Å². The molecule has 3 heterocycles. The molecule has 1 fully saturated rings. The Labute approximate surface area is 211 Å². The van der Waals surface area contributed by atoms with Gasteiger partial charge in [-0.3, -0.25) is 14.5 Å². The highest BCUT2D eigenvalue weighted by atomic mass is 16.5. The maximum Gasteiger partial charge on any atom is 0.244 e. The SMILES string of the molecule is CC(=O)N1C=Cc2ccccc2C1CC(=O)N1CCN(C(C)c2nc(-c3ccc(C)cc3)no2)CC1. The van der Waals surface area contributed by atoms with Crippen LogP contribution in [0.15, 0.2) is 59.3 Å². The third-order valence-corrected chi connectivity index (χ3v) is 7.16. The summed E-state index contributed by atoms with van der Waals surface area (Å²) in [5.74, 6) is 1.15. The summed E-state index contributed by atoms with van der Waals surface area (Å²) in [5.41, 5.74) is 4.17. The highest BCUT2D eigenvalue weighted by molar-refractivity contribution is 5.82. The number of piperazine rings is 1. The predicted octanol–water partition coefficient (Wildman–Crippen LogP) is 4.21. The maximum atomic E-state index is 13.3. The van der Waals surface area contributed by atoms with Crippen molar-refractivity contribution in [2.75, 3.05) is 26.2 Å². The fraction of sp³-hybridized carbons (Fsp3) is 0.357. The van der Waals surface area contributed by atoms with Gasteiger partial charge in [-0.2, -0.15) is 4.98 Å². The number of carbonyl (C=O) groups is 2. The molecular formula is C28H31N5O3. The highest BCUT2D eigenvalue weighted by Gasteiger charge is 2.32. The van der Waals surface area contributed by atoms with Crippen LogP contribution in [-0.2, 0) is 9.59 Å². The van der Waals surface area contributed by atoms with E-state index in [1.807, 2.05) is 66.4 Å². The summed E-state index contributed by atoms with van der Waals surface area (Å²) >= 11 is 0. The largest absolute Gasteiger partial charge is 0.340 e. The lowest BCUT2D eigenvalue weighted by Crippen LogP contribution is -2.50. The van der Waals surface area contributed by atoms with Gasteiger partial charge in [0, 0.05) is 44.9 Å². The van der Waals surface area contributed by atoms with Crippen molar-refractivity contribution in [2.45, 2.75) is 39.3 Å². The Balaban J connectivity index is 1.21. The van der Waals surface area contributed by atoms with Gasteiger partial charge in [-0.05, 0) is 31.1 Å². The number of hydrogen-bond donors (Lipinski definition) is 0. The molecule has 5 rings (SSSR count). The summed E-state index contributed by atoms with van der Waals surface area (Å²) in [4.78, 5) is 36.0. The molecule has 2 aliphatic rings. The van der Waals surface area contributed by atoms with E-state index in [0.717, 1.165) is 16.7 Å². The van der Waals surface area contributed by atoms with Crippen LogP contribution in [0.1, 0.15) is 54.9 Å². The Morgan fingerprint density at radius 1 is 1.06 bits per heavy atom. The fourth-order valence-corrected chi connectivity index (χ4v) is 4.95. The van der Waals surface area contributed by atoms with Crippen molar-refractivity contribution < 1.29 is 14.1 Å². The predicted molar refractivity (Wildman–Crippen MR) is 136 cm³/mol. The topological polar surface area (TPSA) is 82.8 Å². The standard InChI is InChI=1S/C28H31N5O3/c1-19-8-10-23(11-9-19)27-29-28(36-30-27)20(2)31-14-16-32(17-15-31)26(35)18-25-24-7-5-4-6-22(24)12-13-33(25)21(3)34/h4-13,20,25H,14-18H2,1-3H3. The van der Waals surface area contributed by atoms with Gasteiger partial charge in [-0.25, -0.2) is 0 Å². The van der Waals surface area contributed by atoms with Gasteiger partial charge < -0.3 is 14.3 Å². The summed E-state index contributed by atoms with van der Waals surface area (Å²) < 4.78 is 5.58. The summed E-state index contributed by atoms with van der Waals surface area (Å²) in [6, 6.07) is 15.7. The lowest BCUT2D eigenvalue weighted by molar-refractivity contribution is -0.136. The molecular weight excluding hydrogens is 454 g/mol. The second-order valence-corrected chi connectivity index (χ2v) is 9.51. The molecule has 2 aliphatic heterocycles. The second-order valence-electron chi connectivity index (χ2n) is 9.51. The molecule has 2 amide bonds. The molecule has 0 bridgehead atoms. The number of carbonyl (C=O) groups excluding carboxylic acids is 2. The van der Waals surface area contributed by atoms with E-state index in [-0.39, 0.29) is 30.3 Å². The first-order valence-corrected chi connectivity index (χ1v) is 12.4. The zero-order valence-electron chi connectivity index (χ0n) is 20.9. The van der Waals surface area contributed by atoms with E-state index >= 15 is 0 Å². The van der Waals surface area contributed by atoms with E-state index in [4.69, 9.17) is 4.52 Å². The van der Waals surface area contributed by atoms with Crippen LogP contribution in [0.2, 0.25) is 0 Å². The third-order valence-electron chi connectivity index (χ3n) is 7.16. The molecule has 186 valence electrons. The van der Waals surface area contributed by atoms with E-state index in [0.29, 0.717) is 37.9 Å². The van der Waals surface area contributed by atoms with Crippen LogP contribution in [0, 0.1) is 6.92 Å². The van der Waals surface area contributed by atoms with E-state index in [1.54, 1.807) is 11.1 Å². The Kier molecular flexibility index (Phi) is 6.69. The minimum absolute atomic E-state index is 0.0440. The molecule has 0 spiro atoms. The summed E-state index contributed by atoms with van der Waals surface area (Å²) in [7, 11) is 0. The lowest BCUT2D eigenvalue weighted by atomic mass is 9.93. The third kappa shape index (κ3) is 4.81. The van der Waals surface area contributed by atoms with Crippen molar-refractivity contribution in [3.8, 4) is 11.4 Å². The molecule has 8 heteroatoms. The number of fused-ring (bicyclic) bond motifs is 1. The Morgan fingerprint density at radius 2 is 1.78 bits per heavy atom. The number of aryl methyl sites for hydroxylation is 1. The van der Waals surface area contributed by atoms with Crippen molar-refractivity contribution in [3.63, 3.8) is 0 Å². The van der Waals surface area contributed by atoms with Crippen LogP contribution in [0.5, 0.6) is 0 Å². The second kappa shape index (κ2) is 10.1. The van der Waals surface area contributed by atoms with Gasteiger partial charge in [-0.15, -0.1) is 0 Å². The fourth-order valence-electron chi connectivity index (χ4n) is 4.95. The van der Waals surface area contributed by atoms with Gasteiger partial charge in [0.25, 0.3) is 0 Å². The normalized spacial score (nSPS) is 18.7. The van der Waals surface area contributed by atoms with Gasteiger partial charge in [0.2, 0.25) is 23.5 Å². The zero-order valence-corrected chi connectivity index (χ0v) is 20.9. The Bertz CT molecular complexity index is 1270. The Hall–Kier alpha value is -3.78. The van der Waals surface area contributed by atoms with Gasteiger partial charge in [0.15, 0.2) is 0 Å². The molecule has 0 saturated carbocycles. The van der Waals surface area contributed by atoms with Gasteiger partial charge >= 0.3 is 0 Å². The highest BCUT2D eigenvalue weighted by Crippen LogP contribution is 2.33. The molecule has 8 nitrogen and oxygen atoms in total. The van der Waals surface area contributed by atoms with E-state index in [1.165, 1.54) is 12.5 Å². The average Bonchev–Trinajstić information content (AvgIpc) is 3.39. The van der Waals surface area contributed by atoms with Crippen molar-refractivity contribution in [1.82, 2.24) is 24.8 Å². The van der Waals surface area contributed by atoms with Crippen LogP contribution < -0.4 is 0 Å². The summed E-state index contributed by atoms with van der Waals surface area (Å²) in [6.45, 7) is 8.30. The molecule has 0 N–H and O–H groups in total.